The zero-order valence-corrected chi connectivity index (χ0v) is 9.25. The van der Waals surface area contributed by atoms with E-state index in [1.165, 1.54) is 12.1 Å². The molecule has 0 heterocycles. The highest BCUT2D eigenvalue weighted by Gasteiger charge is 2.03. The maximum Gasteiger partial charge on any atom is 0.158 e. The van der Waals surface area contributed by atoms with E-state index in [0.717, 1.165) is 5.56 Å². The quantitative estimate of drug-likeness (QED) is 0.693. The molecule has 0 radical (unpaired) electrons. The van der Waals surface area contributed by atoms with Gasteiger partial charge in [0.2, 0.25) is 0 Å². The van der Waals surface area contributed by atoms with E-state index in [9.17, 15) is 9.18 Å². The molecule has 1 rings (SSSR count). The predicted molar refractivity (Wildman–Crippen MR) is 60.0 cm³/mol. The molecule has 0 aliphatic heterocycles. The van der Waals surface area contributed by atoms with Gasteiger partial charge in [-0.3, -0.25) is 4.79 Å². The molecule has 1 aromatic carbocycles. The summed E-state index contributed by atoms with van der Waals surface area (Å²) in [6.45, 7) is 5.38. The van der Waals surface area contributed by atoms with Gasteiger partial charge < -0.3 is 0 Å². The third kappa shape index (κ3) is 3.01. The largest absolute Gasteiger partial charge is 0.295 e. The van der Waals surface area contributed by atoms with E-state index in [0.29, 0.717) is 5.56 Å². The summed E-state index contributed by atoms with van der Waals surface area (Å²) in [7, 11) is 0. The lowest BCUT2D eigenvalue weighted by Gasteiger charge is -2.01. The van der Waals surface area contributed by atoms with E-state index >= 15 is 0 Å². The summed E-state index contributed by atoms with van der Waals surface area (Å²) < 4.78 is 13.1. The molecule has 0 saturated heterocycles. The third-order valence-electron chi connectivity index (χ3n) is 2.31. The van der Waals surface area contributed by atoms with Crippen molar-refractivity contribution in [3.05, 3.63) is 41.2 Å². The average Bonchev–Trinajstić information content (AvgIpc) is 2.19. The summed E-state index contributed by atoms with van der Waals surface area (Å²) in [5.41, 5.74) is 1.33. The SMILES string of the molecule is Cc1c(F)cccc1/C=C/C(=O)C(C)C. The van der Waals surface area contributed by atoms with Crippen molar-refractivity contribution >= 4 is 11.9 Å². The Balaban J connectivity index is 2.90. The average molecular weight is 206 g/mol. The Kier molecular flexibility index (Phi) is 3.78. The van der Waals surface area contributed by atoms with Crippen LogP contribution in [0.2, 0.25) is 0 Å². The normalized spacial score (nSPS) is 11.3. The molecular formula is C13H15FO. The van der Waals surface area contributed by atoms with E-state index < -0.39 is 0 Å². The standard InChI is InChI=1S/C13H15FO/c1-9(2)13(15)8-7-11-5-4-6-12(14)10(11)3/h4-9H,1-3H3/b8-7+. The second-order valence-electron chi connectivity index (χ2n) is 3.84. The van der Waals surface area contributed by atoms with E-state index in [1.54, 1.807) is 25.1 Å². The second-order valence-corrected chi connectivity index (χ2v) is 3.84. The Morgan fingerprint density at radius 1 is 1.40 bits per heavy atom. The smallest absolute Gasteiger partial charge is 0.158 e. The Labute approximate surface area is 89.6 Å². The van der Waals surface area contributed by atoms with Gasteiger partial charge in [-0.1, -0.05) is 32.1 Å². The predicted octanol–water partition coefficient (Wildman–Crippen LogP) is 3.37. The highest BCUT2D eigenvalue weighted by atomic mass is 19.1. The van der Waals surface area contributed by atoms with Crippen LogP contribution in [0.15, 0.2) is 24.3 Å². The van der Waals surface area contributed by atoms with Crippen LogP contribution >= 0.6 is 0 Å². The van der Waals surface area contributed by atoms with E-state index in [-0.39, 0.29) is 17.5 Å². The van der Waals surface area contributed by atoms with Crippen molar-refractivity contribution in [2.24, 2.45) is 5.92 Å². The minimum atomic E-state index is -0.242. The van der Waals surface area contributed by atoms with Crippen LogP contribution in [-0.4, -0.2) is 5.78 Å². The van der Waals surface area contributed by atoms with Crippen molar-refractivity contribution in [1.29, 1.82) is 0 Å². The summed E-state index contributed by atoms with van der Waals surface area (Å²) in [6.07, 6.45) is 3.17. The Morgan fingerprint density at radius 3 is 2.67 bits per heavy atom. The zero-order valence-electron chi connectivity index (χ0n) is 9.25. The van der Waals surface area contributed by atoms with Crippen molar-refractivity contribution in [2.45, 2.75) is 20.8 Å². The molecule has 0 aromatic heterocycles. The minimum absolute atomic E-state index is 0.0184. The first-order valence-corrected chi connectivity index (χ1v) is 4.99. The lowest BCUT2D eigenvalue weighted by molar-refractivity contribution is -0.117. The molecule has 1 aromatic rings. The van der Waals surface area contributed by atoms with E-state index in [1.807, 2.05) is 13.8 Å². The maximum absolute atomic E-state index is 13.1. The van der Waals surface area contributed by atoms with Crippen LogP contribution in [0.5, 0.6) is 0 Å². The fourth-order valence-electron chi connectivity index (χ4n) is 1.17. The molecule has 0 atom stereocenters. The molecule has 0 unspecified atom stereocenters. The van der Waals surface area contributed by atoms with Crippen LogP contribution < -0.4 is 0 Å². The first-order valence-electron chi connectivity index (χ1n) is 4.99. The van der Waals surface area contributed by atoms with Crippen LogP contribution in [-0.2, 0) is 4.79 Å². The van der Waals surface area contributed by atoms with Gasteiger partial charge in [0, 0.05) is 5.92 Å². The van der Waals surface area contributed by atoms with Gasteiger partial charge >= 0.3 is 0 Å². The second kappa shape index (κ2) is 4.87. The maximum atomic E-state index is 13.1. The Bertz CT molecular complexity index is 392. The number of carbonyl (C=O) groups is 1. The Morgan fingerprint density at radius 2 is 2.07 bits per heavy atom. The van der Waals surface area contributed by atoms with E-state index in [2.05, 4.69) is 0 Å². The first kappa shape index (κ1) is 11.6. The van der Waals surface area contributed by atoms with Crippen LogP contribution in [0.1, 0.15) is 25.0 Å². The van der Waals surface area contributed by atoms with Crippen molar-refractivity contribution in [1.82, 2.24) is 0 Å². The van der Waals surface area contributed by atoms with Crippen LogP contribution in [0, 0.1) is 18.7 Å². The van der Waals surface area contributed by atoms with Gasteiger partial charge in [0.1, 0.15) is 5.82 Å². The fraction of sp³-hybridized carbons (Fsp3) is 0.308. The van der Waals surface area contributed by atoms with Crippen LogP contribution in [0.4, 0.5) is 4.39 Å². The van der Waals surface area contributed by atoms with Gasteiger partial charge in [-0.15, -0.1) is 0 Å². The number of ketones is 1. The number of carbonyl (C=O) groups excluding carboxylic acids is 1. The molecule has 0 saturated carbocycles. The molecule has 0 spiro atoms. The van der Waals surface area contributed by atoms with Gasteiger partial charge in [0.15, 0.2) is 5.78 Å². The van der Waals surface area contributed by atoms with Gasteiger partial charge in [-0.2, -0.15) is 0 Å². The molecule has 15 heavy (non-hydrogen) atoms. The summed E-state index contributed by atoms with van der Waals surface area (Å²) in [5, 5.41) is 0. The highest BCUT2D eigenvalue weighted by Crippen LogP contribution is 2.13. The Hall–Kier alpha value is -1.44. The van der Waals surface area contributed by atoms with Crippen molar-refractivity contribution in [3.8, 4) is 0 Å². The topological polar surface area (TPSA) is 17.1 Å². The summed E-state index contributed by atoms with van der Waals surface area (Å²) in [6, 6.07) is 4.85. The van der Waals surface area contributed by atoms with Crippen molar-refractivity contribution in [2.75, 3.05) is 0 Å². The van der Waals surface area contributed by atoms with Gasteiger partial charge in [0.05, 0.1) is 0 Å². The monoisotopic (exact) mass is 206 g/mol. The zero-order chi connectivity index (χ0) is 11.4. The molecule has 80 valence electrons. The summed E-state index contributed by atoms with van der Waals surface area (Å²) in [4.78, 5) is 11.3. The first-order chi connectivity index (χ1) is 7.02. The van der Waals surface area contributed by atoms with Crippen molar-refractivity contribution < 1.29 is 9.18 Å². The fourth-order valence-corrected chi connectivity index (χ4v) is 1.17. The molecule has 0 fully saturated rings. The molecule has 1 nitrogen and oxygen atoms in total. The lowest BCUT2D eigenvalue weighted by Crippen LogP contribution is -2.01. The molecule has 0 aliphatic carbocycles. The number of rotatable bonds is 3. The lowest BCUT2D eigenvalue weighted by atomic mass is 10.0. The molecule has 0 bridgehead atoms. The number of halogens is 1. The number of allylic oxidation sites excluding steroid dienone is 1. The molecule has 0 amide bonds. The van der Waals surface area contributed by atoms with Crippen LogP contribution in [0.3, 0.4) is 0 Å². The molecular weight excluding hydrogens is 191 g/mol. The molecule has 2 heteroatoms. The number of benzene rings is 1. The van der Waals surface area contributed by atoms with E-state index in [4.69, 9.17) is 0 Å². The third-order valence-corrected chi connectivity index (χ3v) is 2.31. The summed E-state index contributed by atoms with van der Waals surface area (Å²) >= 11 is 0. The van der Waals surface area contributed by atoms with Crippen LogP contribution in [0.25, 0.3) is 6.08 Å². The highest BCUT2D eigenvalue weighted by molar-refractivity contribution is 5.95. The molecule has 0 aliphatic rings. The van der Waals surface area contributed by atoms with Gasteiger partial charge in [-0.05, 0) is 30.2 Å². The number of hydrogen-bond acceptors (Lipinski definition) is 1. The summed E-state index contributed by atoms with van der Waals surface area (Å²) in [5.74, 6) is -0.206. The van der Waals surface area contributed by atoms with Gasteiger partial charge in [-0.25, -0.2) is 4.39 Å². The number of hydrogen-bond donors (Lipinski definition) is 0. The molecule has 0 N–H and O–H groups in total. The minimum Gasteiger partial charge on any atom is -0.295 e. The van der Waals surface area contributed by atoms with Crippen molar-refractivity contribution in [3.63, 3.8) is 0 Å². The van der Waals surface area contributed by atoms with Gasteiger partial charge in [0.25, 0.3) is 0 Å².